The van der Waals surface area contributed by atoms with Crippen LogP contribution >= 0.6 is 0 Å². The van der Waals surface area contributed by atoms with Crippen LogP contribution < -0.4 is 4.90 Å². The highest BCUT2D eigenvalue weighted by atomic mass is 16.3. The zero-order valence-electron chi connectivity index (χ0n) is 28.6. The Bertz CT molecular complexity index is 2770. The summed E-state index contributed by atoms with van der Waals surface area (Å²) in [7, 11) is 0. The molecule has 10 rings (SSSR count). The van der Waals surface area contributed by atoms with Crippen LogP contribution in [0.25, 0.3) is 66.1 Å². The second-order valence-corrected chi connectivity index (χ2v) is 14.1. The highest BCUT2D eigenvalue weighted by Gasteiger charge is 2.36. The predicted octanol–water partition coefficient (Wildman–Crippen LogP) is 13.8. The highest BCUT2D eigenvalue weighted by Crippen LogP contribution is 2.52. The average molecular weight is 654 g/mol. The van der Waals surface area contributed by atoms with Gasteiger partial charge >= 0.3 is 0 Å². The normalized spacial score (nSPS) is 13.1. The Labute approximate surface area is 297 Å². The molecule has 0 bridgehead atoms. The molecule has 0 atom stereocenters. The van der Waals surface area contributed by atoms with Gasteiger partial charge in [-0.15, -0.1) is 0 Å². The van der Waals surface area contributed by atoms with E-state index in [1.807, 2.05) is 6.07 Å². The first-order valence-electron chi connectivity index (χ1n) is 17.7. The minimum Gasteiger partial charge on any atom is -0.455 e. The van der Waals surface area contributed by atoms with Gasteiger partial charge in [-0.3, -0.25) is 0 Å². The third-order valence-corrected chi connectivity index (χ3v) is 10.9. The minimum absolute atomic E-state index is 0.118. The second kappa shape index (κ2) is 11.3. The molecule has 1 aliphatic rings. The molecular weight excluding hydrogens is 619 g/mol. The molecule has 0 spiro atoms. The molecule has 242 valence electrons. The molecule has 51 heavy (non-hydrogen) atoms. The molecule has 0 saturated heterocycles. The highest BCUT2D eigenvalue weighted by molar-refractivity contribution is 6.19. The second-order valence-electron chi connectivity index (χ2n) is 14.1. The Morgan fingerprint density at radius 1 is 0.451 bits per heavy atom. The van der Waals surface area contributed by atoms with Gasteiger partial charge in [-0.1, -0.05) is 147 Å². The lowest BCUT2D eigenvalue weighted by molar-refractivity contribution is 0.660. The van der Waals surface area contributed by atoms with Crippen molar-refractivity contribution in [2.24, 2.45) is 0 Å². The topological polar surface area (TPSA) is 16.4 Å². The van der Waals surface area contributed by atoms with Crippen LogP contribution in [0.5, 0.6) is 0 Å². The van der Waals surface area contributed by atoms with Crippen molar-refractivity contribution in [1.82, 2.24) is 0 Å². The van der Waals surface area contributed by atoms with Crippen LogP contribution in [-0.4, -0.2) is 0 Å². The molecule has 0 saturated carbocycles. The summed E-state index contributed by atoms with van der Waals surface area (Å²) in [6.45, 7) is 4.70. The zero-order chi connectivity index (χ0) is 34.1. The van der Waals surface area contributed by atoms with Crippen molar-refractivity contribution < 1.29 is 4.42 Å². The number of benzene rings is 8. The number of fused-ring (bicyclic) bond motifs is 8. The fraction of sp³-hybridized carbons (Fsp3) is 0.0612. The molecular formula is C49H35NO. The van der Waals surface area contributed by atoms with E-state index in [1.165, 1.54) is 33.4 Å². The Kier molecular flexibility index (Phi) is 6.56. The van der Waals surface area contributed by atoms with Crippen molar-refractivity contribution in [2.45, 2.75) is 19.3 Å². The van der Waals surface area contributed by atoms with Crippen LogP contribution in [0.2, 0.25) is 0 Å². The fourth-order valence-electron chi connectivity index (χ4n) is 8.37. The summed E-state index contributed by atoms with van der Waals surface area (Å²) in [6.07, 6.45) is 0. The van der Waals surface area contributed by atoms with Crippen LogP contribution in [0, 0.1) is 0 Å². The average Bonchev–Trinajstić information content (AvgIpc) is 3.68. The monoisotopic (exact) mass is 653 g/mol. The van der Waals surface area contributed by atoms with Gasteiger partial charge in [-0.05, 0) is 86.8 Å². The number of para-hydroxylation sites is 2. The van der Waals surface area contributed by atoms with Gasteiger partial charge < -0.3 is 9.32 Å². The first-order chi connectivity index (χ1) is 25.1. The summed E-state index contributed by atoms with van der Waals surface area (Å²) in [6, 6.07) is 63.6. The molecule has 1 heterocycles. The van der Waals surface area contributed by atoms with Crippen LogP contribution in [0.4, 0.5) is 17.1 Å². The van der Waals surface area contributed by atoms with E-state index >= 15 is 0 Å². The third kappa shape index (κ3) is 4.57. The molecule has 0 aliphatic heterocycles. The van der Waals surface area contributed by atoms with Gasteiger partial charge in [0.25, 0.3) is 0 Å². The summed E-state index contributed by atoms with van der Waals surface area (Å²) in [5.74, 6) is 0. The molecule has 1 aliphatic carbocycles. The van der Waals surface area contributed by atoms with E-state index in [0.29, 0.717) is 0 Å². The Morgan fingerprint density at radius 2 is 1.12 bits per heavy atom. The maximum absolute atomic E-state index is 6.64. The Hall–Kier alpha value is -6.38. The van der Waals surface area contributed by atoms with E-state index in [2.05, 4.69) is 189 Å². The molecule has 2 heteroatoms. The summed E-state index contributed by atoms with van der Waals surface area (Å²) in [5.41, 5.74) is 15.1. The number of rotatable bonds is 5. The van der Waals surface area contributed by atoms with Crippen molar-refractivity contribution in [3.05, 3.63) is 187 Å². The van der Waals surface area contributed by atoms with Crippen LogP contribution in [0.15, 0.2) is 180 Å². The van der Waals surface area contributed by atoms with E-state index < -0.39 is 0 Å². The first kappa shape index (κ1) is 29.5. The van der Waals surface area contributed by atoms with E-state index in [0.717, 1.165) is 60.9 Å². The van der Waals surface area contributed by atoms with Gasteiger partial charge in [-0.2, -0.15) is 0 Å². The lowest BCUT2D eigenvalue weighted by Crippen LogP contribution is -2.16. The molecule has 2 nitrogen and oxygen atoms in total. The first-order valence-corrected chi connectivity index (χ1v) is 17.7. The number of hydrogen-bond donors (Lipinski definition) is 0. The number of nitrogens with zero attached hydrogens (tertiary/aromatic N) is 1. The quantitative estimate of drug-likeness (QED) is 0.184. The minimum atomic E-state index is -0.118. The molecule has 0 fully saturated rings. The number of hydrogen-bond acceptors (Lipinski definition) is 2. The maximum atomic E-state index is 6.64. The van der Waals surface area contributed by atoms with Crippen LogP contribution in [0.1, 0.15) is 25.0 Å². The van der Waals surface area contributed by atoms with Crippen molar-refractivity contribution >= 4 is 49.8 Å². The zero-order valence-corrected chi connectivity index (χ0v) is 28.6. The molecule has 0 N–H and O–H groups in total. The third-order valence-electron chi connectivity index (χ3n) is 10.9. The van der Waals surface area contributed by atoms with Gasteiger partial charge in [0.15, 0.2) is 0 Å². The van der Waals surface area contributed by atoms with Crippen molar-refractivity contribution in [2.75, 3.05) is 4.90 Å². The Balaban J connectivity index is 1.21. The number of anilines is 3. The molecule has 8 aromatic carbocycles. The van der Waals surface area contributed by atoms with E-state index in [1.54, 1.807) is 0 Å². The predicted molar refractivity (Wildman–Crippen MR) is 214 cm³/mol. The maximum Gasteiger partial charge on any atom is 0.143 e. The van der Waals surface area contributed by atoms with Crippen LogP contribution in [0.3, 0.4) is 0 Å². The van der Waals surface area contributed by atoms with Crippen LogP contribution in [-0.2, 0) is 5.41 Å². The van der Waals surface area contributed by atoms with E-state index in [9.17, 15) is 0 Å². The Morgan fingerprint density at radius 3 is 1.98 bits per heavy atom. The molecule has 0 unspecified atom stereocenters. The van der Waals surface area contributed by atoms with Gasteiger partial charge in [0, 0.05) is 38.5 Å². The standard InChI is InChI=1S/C49H35NO/c1-49(2)43-20-9-6-16-37(43)38-30-28-36(31-44(38)49)50(35-26-23-33(24-27-35)32-13-4-3-5-14-32)45-21-10-7-17-39(45)41-19-12-15-34-25-29-42-40-18-8-11-22-46(40)51-48(42)47(34)41/h3-31H,1-2H3. The summed E-state index contributed by atoms with van der Waals surface area (Å²) >= 11 is 0. The van der Waals surface area contributed by atoms with Gasteiger partial charge in [0.2, 0.25) is 0 Å². The van der Waals surface area contributed by atoms with Gasteiger partial charge in [0.05, 0.1) is 5.69 Å². The van der Waals surface area contributed by atoms with Crippen molar-refractivity contribution in [3.63, 3.8) is 0 Å². The molecule has 9 aromatic rings. The van der Waals surface area contributed by atoms with Crippen molar-refractivity contribution in [3.8, 4) is 33.4 Å². The smallest absolute Gasteiger partial charge is 0.143 e. The molecule has 1 aromatic heterocycles. The largest absolute Gasteiger partial charge is 0.455 e. The summed E-state index contributed by atoms with van der Waals surface area (Å²) < 4.78 is 6.64. The lowest BCUT2D eigenvalue weighted by atomic mass is 9.82. The van der Waals surface area contributed by atoms with Crippen molar-refractivity contribution in [1.29, 1.82) is 0 Å². The van der Waals surface area contributed by atoms with E-state index in [4.69, 9.17) is 4.42 Å². The summed E-state index contributed by atoms with van der Waals surface area (Å²) in [5, 5.41) is 4.56. The lowest BCUT2D eigenvalue weighted by Gasteiger charge is -2.30. The van der Waals surface area contributed by atoms with Gasteiger partial charge in [0.1, 0.15) is 11.2 Å². The molecule has 0 amide bonds. The van der Waals surface area contributed by atoms with Gasteiger partial charge in [-0.25, -0.2) is 0 Å². The van der Waals surface area contributed by atoms with E-state index in [-0.39, 0.29) is 5.41 Å². The fourth-order valence-corrected chi connectivity index (χ4v) is 8.37. The number of furan rings is 1. The summed E-state index contributed by atoms with van der Waals surface area (Å²) in [4.78, 5) is 2.43. The SMILES string of the molecule is CC1(C)c2ccccc2-c2ccc(N(c3ccc(-c4ccccc4)cc3)c3ccccc3-c3cccc4ccc5c6ccccc6oc5c34)cc21. The molecule has 0 radical (unpaired) electrons.